The molecular formula is C31H32BrN7O3. The van der Waals surface area contributed by atoms with Gasteiger partial charge < -0.3 is 10.2 Å². The summed E-state index contributed by atoms with van der Waals surface area (Å²) < 4.78 is 2.23. The van der Waals surface area contributed by atoms with E-state index in [2.05, 4.69) is 48.2 Å². The summed E-state index contributed by atoms with van der Waals surface area (Å²) in [6.07, 6.45) is 5.89. The number of piperidine rings is 1. The number of Topliss-reactive ketones (excluding diaryl/α,β-unsaturated/α-hetero) is 1. The number of anilines is 1. The van der Waals surface area contributed by atoms with E-state index in [1.165, 1.54) is 6.92 Å². The van der Waals surface area contributed by atoms with Crippen molar-refractivity contribution in [3.63, 3.8) is 0 Å². The minimum Gasteiger partial charge on any atom is -0.325 e. The molecule has 42 heavy (non-hydrogen) atoms. The first kappa shape index (κ1) is 28.1. The van der Waals surface area contributed by atoms with Crippen LogP contribution in [0.4, 0.5) is 5.82 Å². The number of halogens is 1. The third-order valence-corrected chi connectivity index (χ3v) is 9.23. The topological polar surface area (TPSA) is 123 Å². The van der Waals surface area contributed by atoms with Gasteiger partial charge in [-0.1, -0.05) is 13.0 Å². The van der Waals surface area contributed by atoms with Crippen LogP contribution in [0.3, 0.4) is 0 Å². The molecule has 0 radical (unpaired) electrons. The molecule has 216 valence electrons. The van der Waals surface area contributed by atoms with E-state index >= 15 is 0 Å². The van der Waals surface area contributed by atoms with Gasteiger partial charge in [0.2, 0.25) is 11.8 Å². The summed E-state index contributed by atoms with van der Waals surface area (Å²) in [4.78, 5) is 55.0. The standard InChI is InChI=1S/C31H32BrN7O3/c1-6-31-11-23(30(42)36-29-16(2)7-8-25(32)35-29)39(24(31)12-31)26(41)15-38-28-17(3)9-20(21-13-33-19(5)34-14-21)10-22(28)27(37-38)18(4)40/h7-10,13-14,23-24H,6,11-12,15H2,1-5H3,(H,35,36,42)/t23-,24+,31-/m0/s1. The number of carbonyl (C=O) groups is 3. The number of nitrogens with zero attached hydrogens (tertiary/aromatic N) is 6. The van der Waals surface area contributed by atoms with E-state index < -0.39 is 6.04 Å². The Labute approximate surface area is 252 Å². The summed E-state index contributed by atoms with van der Waals surface area (Å²) in [5.41, 5.74) is 4.38. The van der Waals surface area contributed by atoms with Gasteiger partial charge in [-0.15, -0.1) is 0 Å². The molecule has 11 heteroatoms. The number of aromatic nitrogens is 5. The highest BCUT2D eigenvalue weighted by molar-refractivity contribution is 9.10. The summed E-state index contributed by atoms with van der Waals surface area (Å²) in [6, 6.07) is 6.99. The molecule has 4 aromatic rings. The van der Waals surface area contributed by atoms with E-state index in [1.807, 2.05) is 45.0 Å². The molecule has 2 amide bonds. The number of likely N-dealkylation sites (tertiary alicyclic amines) is 1. The number of rotatable bonds is 7. The van der Waals surface area contributed by atoms with Crippen LogP contribution in [-0.2, 0) is 16.1 Å². The summed E-state index contributed by atoms with van der Waals surface area (Å²) in [6.45, 7) is 9.16. The molecule has 1 aliphatic carbocycles. The van der Waals surface area contributed by atoms with Crippen LogP contribution < -0.4 is 5.32 Å². The lowest BCUT2D eigenvalue weighted by Crippen LogP contribution is -2.47. The van der Waals surface area contributed by atoms with E-state index in [9.17, 15) is 14.4 Å². The van der Waals surface area contributed by atoms with Crippen molar-refractivity contribution in [2.75, 3.05) is 5.32 Å². The smallest absolute Gasteiger partial charge is 0.248 e. The average molecular weight is 631 g/mol. The van der Waals surface area contributed by atoms with Gasteiger partial charge in [0.15, 0.2) is 5.78 Å². The molecule has 1 aliphatic heterocycles. The molecule has 1 aromatic carbocycles. The zero-order chi connectivity index (χ0) is 29.9. The SMILES string of the molecule is CC[C@@]12C[C@@H](C(=O)Nc3nc(Br)ccc3C)N(C(=O)Cn3nc(C(C)=O)c4cc(-c5cnc(C)nc5)cc(C)c43)[C@@H]1C2. The first-order valence-electron chi connectivity index (χ1n) is 14.1. The van der Waals surface area contributed by atoms with Crippen molar-refractivity contribution < 1.29 is 14.4 Å². The van der Waals surface area contributed by atoms with Crippen molar-refractivity contribution in [3.8, 4) is 11.1 Å². The number of fused-ring (bicyclic) bond motifs is 2. The molecule has 2 aliphatic rings. The van der Waals surface area contributed by atoms with Crippen molar-refractivity contribution in [1.82, 2.24) is 29.6 Å². The maximum Gasteiger partial charge on any atom is 0.248 e. The molecule has 0 spiro atoms. The number of amides is 2. The van der Waals surface area contributed by atoms with Gasteiger partial charge >= 0.3 is 0 Å². The van der Waals surface area contributed by atoms with Crippen molar-refractivity contribution >= 4 is 50.2 Å². The van der Waals surface area contributed by atoms with Crippen LogP contribution in [-0.4, -0.2) is 59.3 Å². The molecule has 1 saturated carbocycles. The fourth-order valence-corrected chi connectivity index (χ4v) is 6.69. The van der Waals surface area contributed by atoms with Crippen LogP contribution in [0.15, 0.2) is 41.3 Å². The first-order chi connectivity index (χ1) is 20.0. The predicted octanol–water partition coefficient (Wildman–Crippen LogP) is 5.19. The fourth-order valence-electron chi connectivity index (χ4n) is 6.38. The average Bonchev–Trinajstić information content (AvgIpc) is 3.37. The van der Waals surface area contributed by atoms with Crippen LogP contribution in [0.1, 0.15) is 60.5 Å². The van der Waals surface area contributed by atoms with Gasteiger partial charge in [0.25, 0.3) is 0 Å². The molecule has 1 N–H and O–H groups in total. The largest absolute Gasteiger partial charge is 0.325 e. The Bertz CT molecular complexity index is 1770. The van der Waals surface area contributed by atoms with Crippen LogP contribution in [0, 0.1) is 26.2 Å². The van der Waals surface area contributed by atoms with Crippen molar-refractivity contribution in [3.05, 3.63) is 63.9 Å². The minimum absolute atomic E-state index is 0.00524. The molecule has 10 nitrogen and oxygen atoms in total. The quantitative estimate of drug-likeness (QED) is 0.220. The summed E-state index contributed by atoms with van der Waals surface area (Å²) in [7, 11) is 0. The van der Waals surface area contributed by atoms with Crippen LogP contribution in [0.2, 0.25) is 0 Å². The van der Waals surface area contributed by atoms with Gasteiger partial charge in [-0.3, -0.25) is 19.1 Å². The number of nitrogens with one attached hydrogen (secondary N) is 1. The first-order valence-corrected chi connectivity index (χ1v) is 14.9. The van der Waals surface area contributed by atoms with Crippen molar-refractivity contribution in [2.45, 2.75) is 72.5 Å². The number of carbonyl (C=O) groups excluding carboxylic acids is 3. The lowest BCUT2D eigenvalue weighted by atomic mass is 9.96. The van der Waals surface area contributed by atoms with E-state index in [0.29, 0.717) is 33.7 Å². The Balaban J connectivity index is 1.33. The number of ketones is 1. The molecule has 0 bridgehead atoms. The second-order valence-corrected chi connectivity index (χ2v) is 12.3. The highest BCUT2D eigenvalue weighted by Gasteiger charge is 2.66. The molecule has 1 saturated heterocycles. The van der Waals surface area contributed by atoms with Gasteiger partial charge in [-0.2, -0.15) is 5.10 Å². The zero-order valence-corrected chi connectivity index (χ0v) is 25.8. The van der Waals surface area contributed by atoms with Gasteiger partial charge in [0.1, 0.15) is 34.5 Å². The molecule has 2 fully saturated rings. The molecule has 4 heterocycles. The lowest BCUT2D eigenvalue weighted by molar-refractivity contribution is -0.138. The third-order valence-electron chi connectivity index (χ3n) is 8.78. The molecule has 3 atom stereocenters. The Morgan fingerprint density at radius 1 is 1.05 bits per heavy atom. The lowest BCUT2D eigenvalue weighted by Gasteiger charge is -2.27. The summed E-state index contributed by atoms with van der Waals surface area (Å²) in [5.74, 6) is 0.523. The second kappa shape index (κ2) is 10.4. The Hall–Kier alpha value is -3.99. The van der Waals surface area contributed by atoms with E-state index in [-0.39, 0.29) is 35.6 Å². The van der Waals surface area contributed by atoms with E-state index in [1.54, 1.807) is 22.0 Å². The Morgan fingerprint density at radius 3 is 2.48 bits per heavy atom. The maximum atomic E-state index is 14.0. The van der Waals surface area contributed by atoms with E-state index in [4.69, 9.17) is 0 Å². The number of aryl methyl sites for hydroxylation is 3. The number of benzene rings is 1. The minimum atomic E-state index is -0.611. The summed E-state index contributed by atoms with van der Waals surface area (Å²) >= 11 is 3.37. The summed E-state index contributed by atoms with van der Waals surface area (Å²) in [5, 5.41) is 8.25. The molecule has 3 aromatic heterocycles. The highest BCUT2D eigenvalue weighted by atomic mass is 79.9. The Morgan fingerprint density at radius 2 is 1.79 bits per heavy atom. The molecule has 6 rings (SSSR count). The molecular weight excluding hydrogens is 598 g/mol. The maximum absolute atomic E-state index is 14.0. The predicted molar refractivity (Wildman–Crippen MR) is 162 cm³/mol. The highest BCUT2D eigenvalue weighted by Crippen LogP contribution is 2.61. The normalized spacial score (nSPS) is 21.0. The second-order valence-electron chi connectivity index (χ2n) is 11.5. The van der Waals surface area contributed by atoms with Gasteiger partial charge in [-0.05, 0) is 96.3 Å². The fraction of sp³-hybridized carbons (Fsp3) is 0.387. The zero-order valence-electron chi connectivity index (χ0n) is 24.2. The van der Waals surface area contributed by atoms with Gasteiger partial charge in [-0.25, -0.2) is 15.0 Å². The van der Waals surface area contributed by atoms with Crippen LogP contribution >= 0.6 is 15.9 Å². The number of hydrogen-bond donors (Lipinski definition) is 1. The number of pyridine rings is 1. The number of hydrogen-bond acceptors (Lipinski definition) is 7. The van der Waals surface area contributed by atoms with Gasteiger partial charge in [0.05, 0.1) is 5.52 Å². The Kier molecular flexibility index (Phi) is 6.95. The van der Waals surface area contributed by atoms with Crippen LogP contribution in [0.5, 0.6) is 0 Å². The van der Waals surface area contributed by atoms with E-state index in [0.717, 1.165) is 40.6 Å². The van der Waals surface area contributed by atoms with Gasteiger partial charge in [0, 0.05) is 36.3 Å². The monoisotopic (exact) mass is 629 g/mol. The third kappa shape index (κ3) is 4.79. The van der Waals surface area contributed by atoms with Crippen LogP contribution in [0.25, 0.3) is 22.0 Å². The van der Waals surface area contributed by atoms with Crippen molar-refractivity contribution in [2.24, 2.45) is 5.41 Å². The van der Waals surface area contributed by atoms with Crippen molar-refractivity contribution in [1.29, 1.82) is 0 Å². The molecule has 0 unspecified atom stereocenters.